The number of rotatable bonds is 6. The van der Waals surface area contributed by atoms with Gasteiger partial charge in [0.05, 0.1) is 5.41 Å². The molecule has 0 aromatic carbocycles. The molecule has 2 saturated heterocycles. The summed E-state index contributed by atoms with van der Waals surface area (Å²) in [6.45, 7) is 7.37. The SMILES string of the molecule is Cc1cc(CCC(C)C)oc(=O)c1C(=O)N1CCC2(CC1)CC(CN(C)C)OC2=O.O=CO. The van der Waals surface area contributed by atoms with Gasteiger partial charge < -0.3 is 24.1 Å². The Morgan fingerprint density at radius 3 is 2.42 bits per heavy atom. The van der Waals surface area contributed by atoms with E-state index >= 15 is 0 Å². The van der Waals surface area contributed by atoms with E-state index in [-0.39, 0.29) is 30.0 Å². The minimum Gasteiger partial charge on any atom is -0.483 e. The van der Waals surface area contributed by atoms with Crippen LogP contribution in [-0.4, -0.2) is 73.1 Å². The number of hydrogen-bond acceptors (Lipinski definition) is 7. The number of likely N-dealkylation sites (tertiary alicyclic amines) is 1. The summed E-state index contributed by atoms with van der Waals surface area (Å²) in [6.07, 6.45) is 3.34. The van der Waals surface area contributed by atoms with Crippen molar-refractivity contribution in [3.63, 3.8) is 0 Å². The predicted octanol–water partition coefficient (Wildman–Crippen LogP) is 2.34. The van der Waals surface area contributed by atoms with Gasteiger partial charge in [-0.05, 0) is 57.8 Å². The monoisotopic (exact) mass is 464 g/mol. The summed E-state index contributed by atoms with van der Waals surface area (Å²) in [4.78, 5) is 50.2. The predicted molar refractivity (Wildman–Crippen MR) is 122 cm³/mol. The summed E-state index contributed by atoms with van der Waals surface area (Å²) in [5.74, 6) is 0.688. The van der Waals surface area contributed by atoms with E-state index in [1.54, 1.807) is 11.8 Å². The zero-order valence-electron chi connectivity index (χ0n) is 20.3. The molecule has 3 heterocycles. The van der Waals surface area contributed by atoms with E-state index in [4.69, 9.17) is 19.1 Å². The molecule has 3 rings (SSSR count). The molecule has 1 atom stereocenters. The molecule has 1 amide bonds. The second-order valence-electron chi connectivity index (χ2n) is 9.66. The average Bonchev–Trinajstić information content (AvgIpc) is 3.00. The van der Waals surface area contributed by atoms with Crippen LogP contribution in [0.2, 0.25) is 0 Å². The van der Waals surface area contributed by atoms with Crippen molar-refractivity contribution < 1.29 is 28.6 Å². The number of carbonyl (C=O) groups excluding carboxylic acids is 2. The average molecular weight is 465 g/mol. The van der Waals surface area contributed by atoms with E-state index in [9.17, 15) is 14.4 Å². The van der Waals surface area contributed by atoms with Crippen LogP contribution in [0.15, 0.2) is 15.3 Å². The minimum absolute atomic E-state index is 0.0950. The molecule has 2 aliphatic heterocycles. The zero-order valence-corrected chi connectivity index (χ0v) is 20.3. The summed E-state index contributed by atoms with van der Waals surface area (Å²) < 4.78 is 11.0. The van der Waals surface area contributed by atoms with E-state index in [0.717, 1.165) is 6.42 Å². The number of carbonyl (C=O) groups is 3. The molecule has 1 unspecified atom stereocenters. The van der Waals surface area contributed by atoms with Gasteiger partial charge in [-0.25, -0.2) is 4.79 Å². The minimum atomic E-state index is -0.564. The normalized spacial score (nSPS) is 19.4. The van der Waals surface area contributed by atoms with E-state index in [2.05, 4.69) is 13.8 Å². The number of esters is 1. The quantitative estimate of drug-likeness (QED) is 0.504. The number of ether oxygens (including phenoxy) is 1. The highest BCUT2D eigenvalue weighted by Gasteiger charge is 2.51. The molecule has 2 aliphatic rings. The maximum atomic E-state index is 13.1. The molecular weight excluding hydrogens is 428 g/mol. The summed E-state index contributed by atoms with van der Waals surface area (Å²) in [7, 11) is 3.92. The van der Waals surface area contributed by atoms with Gasteiger partial charge >= 0.3 is 11.6 Å². The van der Waals surface area contributed by atoms with E-state index in [1.807, 2.05) is 25.1 Å². The van der Waals surface area contributed by atoms with Crippen LogP contribution in [0, 0.1) is 18.3 Å². The van der Waals surface area contributed by atoms with Gasteiger partial charge in [-0.3, -0.25) is 14.4 Å². The molecule has 1 aromatic rings. The van der Waals surface area contributed by atoms with Gasteiger partial charge in [0.25, 0.3) is 12.4 Å². The fourth-order valence-corrected chi connectivity index (χ4v) is 4.53. The molecule has 0 bridgehead atoms. The lowest BCUT2D eigenvalue weighted by atomic mass is 9.76. The molecule has 0 saturated carbocycles. The smallest absolute Gasteiger partial charge is 0.349 e. The van der Waals surface area contributed by atoms with Gasteiger partial charge in [-0.15, -0.1) is 0 Å². The maximum Gasteiger partial charge on any atom is 0.349 e. The van der Waals surface area contributed by atoms with Gasteiger partial charge in [0, 0.05) is 32.5 Å². The van der Waals surface area contributed by atoms with Crippen molar-refractivity contribution in [3.05, 3.63) is 33.4 Å². The Kier molecular flexibility index (Phi) is 9.22. The topological polar surface area (TPSA) is 117 Å². The number of amides is 1. The number of nitrogens with zero attached hydrogens (tertiary/aromatic N) is 2. The Hall–Kier alpha value is -2.68. The van der Waals surface area contributed by atoms with Gasteiger partial charge in [0.2, 0.25) is 0 Å². The zero-order chi connectivity index (χ0) is 24.8. The third-order valence-electron chi connectivity index (χ3n) is 6.28. The second-order valence-corrected chi connectivity index (χ2v) is 9.66. The molecule has 0 aliphatic carbocycles. The van der Waals surface area contributed by atoms with Crippen LogP contribution >= 0.6 is 0 Å². The first kappa shape index (κ1) is 26.6. The molecule has 9 nitrogen and oxygen atoms in total. The van der Waals surface area contributed by atoms with Crippen molar-refractivity contribution in [2.45, 2.75) is 59.0 Å². The number of cyclic esters (lactones) is 1. The van der Waals surface area contributed by atoms with Crippen molar-refractivity contribution in [1.82, 2.24) is 9.80 Å². The van der Waals surface area contributed by atoms with Crippen LogP contribution in [0.25, 0.3) is 0 Å². The third-order valence-corrected chi connectivity index (χ3v) is 6.28. The van der Waals surface area contributed by atoms with Crippen LogP contribution in [0.3, 0.4) is 0 Å². The van der Waals surface area contributed by atoms with Crippen molar-refractivity contribution in [1.29, 1.82) is 0 Å². The Labute approximate surface area is 194 Å². The maximum absolute atomic E-state index is 13.1. The van der Waals surface area contributed by atoms with Crippen LogP contribution in [0.5, 0.6) is 0 Å². The van der Waals surface area contributed by atoms with Gasteiger partial charge in [0.15, 0.2) is 0 Å². The van der Waals surface area contributed by atoms with E-state index in [1.165, 1.54) is 0 Å². The molecule has 2 fully saturated rings. The lowest BCUT2D eigenvalue weighted by Crippen LogP contribution is -2.46. The lowest BCUT2D eigenvalue weighted by molar-refractivity contribution is -0.150. The standard InChI is InChI=1S/C23H34N2O5.CH2O2/c1-15(2)6-7-17-12-16(3)19(21(27)29-17)20(26)25-10-8-23(9-11-25)13-18(14-24(4)5)30-22(23)28;2-1-3/h12,15,18H,6-11,13-14H2,1-5H3;1H,(H,2,3). The summed E-state index contributed by atoms with van der Waals surface area (Å²) in [5.41, 5.74) is -0.302. The fraction of sp³-hybridized carbons (Fsp3) is 0.667. The first-order valence-electron chi connectivity index (χ1n) is 11.4. The number of aryl methyl sites for hydroxylation is 2. The highest BCUT2D eigenvalue weighted by atomic mass is 16.6. The molecule has 0 radical (unpaired) electrons. The van der Waals surface area contributed by atoms with Gasteiger partial charge in [-0.2, -0.15) is 0 Å². The van der Waals surface area contributed by atoms with E-state index < -0.39 is 11.0 Å². The van der Waals surface area contributed by atoms with Gasteiger partial charge in [-0.1, -0.05) is 13.8 Å². The van der Waals surface area contributed by atoms with Crippen LogP contribution in [0.1, 0.15) is 61.2 Å². The molecule has 9 heteroatoms. The van der Waals surface area contributed by atoms with Crippen molar-refractivity contribution in [2.24, 2.45) is 11.3 Å². The molecule has 184 valence electrons. The molecule has 1 aromatic heterocycles. The Bertz CT molecular complexity index is 899. The Morgan fingerprint density at radius 2 is 1.91 bits per heavy atom. The highest BCUT2D eigenvalue weighted by Crippen LogP contribution is 2.43. The number of piperidine rings is 1. The number of hydrogen-bond donors (Lipinski definition) is 1. The fourth-order valence-electron chi connectivity index (χ4n) is 4.53. The third kappa shape index (κ3) is 6.66. The number of likely N-dealkylation sites (N-methyl/N-ethyl adjacent to an activating group) is 1. The van der Waals surface area contributed by atoms with Crippen molar-refractivity contribution in [2.75, 3.05) is 33.7 Å². The van der Waals surface area contributed by atoms with Gasteiger partial charge in [0.1, 0.15) is 17.4 Å². The second kappa shape index (κ2) is 11.4. The summed E-state index contributed by atoms with van der Waals surface area (Å²) in [6, 6.07) is 1.81. The lowest BCUT2D eigenvalue weighted by Gasteiger charge is -2.36. The molecule has 33 heavy (non-hydrogen) atoms. The van der Waals surface area contributed by atoms with Crippen LogP contribution < -0.4 is 5.63 Å². The molecule has 1 spiro atoms. The molecule has 1 N–H and O–H groups in total. The van der Waals surface area contributed by atoms with E-state index in [0.29, 0.717) is 62.6 Å². The van der Waals surface area contributed by atoms with Crippen molar-refractivity contribution in [3.8, 4) is 0 Å². The van der Waals surface area contributed by atoms with Crippen LogP contribution in [-0.2, 0) is 20.7 Å². The summed E-state index contributed by atoms with van der Waals surface area (Å²) in [5, 5.41) is 6.89. The van der Waals surface area contributed by atoms with Crippen molar-refractivity contribution >= 4 is 18.3 Å². The highest BCUT2D eigenvalue weighted by molar-refractivity contribution is 5.95. The largest absolute Gasteiger partial charge is 0.483 e. The first-order valence-corrected chi connectivity index (χ1v) is 11.4. The Balaban J connectivity index is 0.00000122. The summed E-state index contributed by atoms with van der Waals surface area (Å²) >= 11 is 0. The number of carboxylic acid groups (broad SMARTS) is 1. The Morgan fingerprint density at radius 1 is 1.30 bits per heavy atom. The first-order chi connectivity index (χ1) is 15.5. The van der Waals surface area contributed by atoms with Crippen LogP contribution in [0.4, 0.5) is 0 Å². The molecular formula is C24H36N2O7.